The van der Waals surface area contributed by atoms with Crippen molar-refractivity contribution in [2.45, 2.75) is 73.6 Å². The van der Waals surface area contributed by atoms with E-state index in [-0.39, 0.29) is 41.0 Å². The van der Waals surface area contributed by atoms with Gasteiger partial charge in [-0.3, -0.25) is 41.6 Å². The molecule has 0 amide bonds. The van der Waals surface area contributed by atoms with Gasteiger partial charge in [-0.05, 0) is 0 Å². The molecule has 0 bridgehead atoms. The third-order valence-electron chi connectivity index (χ3n) is 10.5. The molecule has 39 heteroatoms. The fraction of sp³-hybridized carbons (Fsp3) is 0.500. The van der Waals surface area contributed by atoms with Crippen molar-refractivity contribution in [1.82, 2.24) is 58.6 Å². The maximum Gasteiger partial charge on any atom is 0.472 e. The van der Waals surface area contributed by atoms with Crippen LogP contribution < -0.4 is 22.8 Å². The van der Waals surface area contributed by atoms with E-state index in [9.17, 15) is 48.9 Å². The molecule has 0 radical (unpaired) electrons. The minimum absolute atomic E-state index is 0.0176. The summed E-state index contributed by atoms with van der Waals surface area (Å²) in [6.07, 6.45) is -7.77. The van der Waals surface area contributed by atoms with E-state index in [1.807, 2.05) is 0 Å². The second kappa shape index (κ2) is 19.2. The van der Waals surface area contributed by atoms with Gasteiger partial charge >= 0.3 is 23.5 Å². The van der Waals surface area contributed by atoms with Gasteiger partial charge in [0.2, 0.25) is 5.95 Å². The Morgan fingerprint density at radius 1 is 0.667 bits per heavy atom. The van der Waals surface area contributed by atoms with Crippen LogP contribution in [0.15, 0.2) is 36.4 Å². The highest BCUT2D eigenvalue weighted by atomic mass is 31.2. The Morgan fingerprint density at radius 2 is 1.12 bits per heavy atom. The van der Waals surface area contributed by atoms with Crippen LogP contribution in [0.4, 0.5) is 17.6 Å². The molecule has 4 fully saturated rings. The molecule has 0 aliphatic carbocycles. The summed E-state index contributed by atoms with van der Waals surface area (Å²) in [6.45, 7) is -1.40. The molecule has 6 aromatic rings. The quantitative estimate of drug-likeness (QED) is 0.0602. The van der Waals surface area contributed by atoms with Gasteiger partial charge in [0.15, 0.2) is 52.8 Å². The zero-order valence-corrected chi connectivity index (χ0v) is 37.1. The van der Waals surface area contributed by atoms with Crippen molar-refractivity contribution in [3.05, 3.63) is 42.0 Å². The first-order valence-corrected chi connectivity index (χ1v) is 24.0. The highest BCUT2D eigenvalue weighted by Gasteiger charge is 2.53. The van der Waals surface area contributed by atoms with Gasteiger partial charge in [-0.2, -0.15) is 4.98 Å². The summed E-state index contributed by atoms with van der Waals surface area (Å²) in [5.41, 5.74) is 17.6. The summed E-state index contributed by atoms with van der Waals surface area (Å²) in [6, 6.07) is 0. The molecule has 13 atom stereocenters. The van der Waals surface area contributed by atoms with Crippen LogP contribution >= 0.6 is 23.5 Å². The molecule has 0 saturated carbocycles. The zero-order valence-electron chi connectivity index (χ0n) is 34.4. The Kier molecular flexibility index (Phi) is 14.0. The standard InChI is InChI=1S/C10H14N5O8P.C10H14N5O7P.C10H12N5O6P/c11-10-13-7-4(8(18)14-10)12-2-15(7)9-6(17)5(16)3(23-9)1-22-24(19,20)21;11-8-5-9(13-2-12-8)15(3-14-5)10-7(17)6(16)4(22-10)1-21-23(18,19)20;11-8-5-9(13-2-12-8)15(3-14-5)10-6(16)7-4(20-10)1-19-22(17,18)21-7/h2-3,5-6,9,16-17H,1H2,(H2,19,20,21)(H3,11,13,14,18);2-4,6-7,10,16-17H,1H2,(H2,11,12,13)(H2,18,19,20);2-4,6-7,10,16H,1H2,(H,17,18)(H2,11,12,13)/t3-,5-,6-,9-;2*4-,6-,7-,10-/m111/s1. The van der Waals surface area contributed by atoms with E-state index >= 15 is 0 Å². The molecule has 10 rings (SSSR count). The lowest BCUT2D eigenvalue weighted by molar-refractivity contribution is -0.0664. The number of phosphoric acid groups is 3. The SMILES string of the molecule is Nc1nc2c(ncn2[C@@H]2O[C@H](COP(=O)(O)O)[C@@H](O)[C@H]2O)c(=O)[nH]1.Nc1ncnc2c1ncn2[C@@H]1O[C@@H]2COP(=O)(O)O[C@H]2[C@H]1O.Nc1ncnc2c1ncn2[C@@H]1O[C@H](COP(=O)(O)O)[C@@H](O)[C@H]1O. The highest BCUT2D eigenvalue weighted by Crippen LogP contribution is 2.52. The minimum atomic E-state index is -4.76. The predicted molar refractivity (Wildman–Crippen MR) is 220 cm³/mol. The molecule has 36 nitrogen and oxygen atoms in total. The van der Waals surface area contributed by atoms with Crippen LogP contribution in [0.1, 0.15) is 18.7 Å². The number of fused-ring (bicyclic) bond motifs is 4. The summed E-state index contributed by atoms with van der Waals surface area (Å²) < 4.78 is 71.5. The number of nitrogens with zero attached hydrogens (tertiary/aromatic N) is 11. The Labute approximate surface area is 381 Å². The number of ether oxygens (including phenoxy) is 3. The number of aliphatic hydroxyl groups excluding tert-OH is 5. The van der Waals surface area contributed by atoms with Gasteiger partial charge < -0.3 is 81.4 Å². The van der Waals surface area contributed by atoms with Crippen molar-refractivity contribution in [3.63, 3.8) is 0 Å². The largest absolute Gasteiger partial charge is 0.472 e. The molecule has 69 heavy (non-hydrogen) atoms. The van der Waals surface area contributed by atoms with Gasteiger partial charge in [0.1, 0.15) is 78.6 Å². The third kappa shape index (κ3) is 10.5. The lowest BCUT2D eigenvalue weighted by Crippen LogP contribution is -2.39. The number of nitrogens with one attached hydrogen (secondary N) is 1. The van der Waals surface area contributed by atoms with Crippen molar-refractivity contribution in [2.24, 2.45) is 0 Å². The summed E-state index contributed by atoms with van der Waals surface area (Å²) in [5, 5.41) is 50.5. The molecule has 17 N–H and O–H groups in total. The van der Waals surface area contributed by atoms with E-state index in [1.165, 1.54) is 45.3 Å². The summed E-state index contributed by atoms with van der Waals surface area (Å²) in [5.74, 6) is 0.167. The first kappa shape index (κ1) is 50.3. The summed E-state index contributed by atoms with van der Waals surface area (Å²) >= 11 is 0. The van der Waals surface area contributed by atoms with Gasteiger partial charge in [0, 0.05) is 0 Å². The molecule has 4 aliphatic heterocycles. The Morgan fingerprint density at radius 3 is 1.59 bits per heavy atom. The number of aromatic amines is 1. The van der Waals surface area contributed by atoms with Crippen molar-refractivity contribution >= 4 is 74.5 Å². The van der Waals surface area contributed by atoms with E-state index in [4.69, 9.17) is 55.5 Å². The fourth-order valence-corrected chi connectivity index (χ4v) is 8.99. The number of anilines is 3. The summed E-state index contributed by atoms with van der Waals surface area (Å²) in [7, 11) is -13.6. The van der Waals surface area contributed by atoms with Crippen LogP contribution in [0, 0.1) is 0 Å². The molecule has 0 aromatic carbocycles. The first-order valence-electron chi connectivity index (χ1n) is 19.4. The predicted octanol–water partition coefficient (Wildman–Crippen LogP) is -5.25. The number of nitrogens with two attached hydrogens (primary N) is 3. The fourth-order valence-electron chi connectivity index (χ4n) is 7.34. The van der Waals surface area contributed by atoms with Crippen LogP contribution in [0.5, 0.6) is 0 Å². The van der Waals surface area contributed by atoms with Crippen LogP contribution in [0.25, 0.3) is 33.5 Å². The Bertz CT molecular complexity index is 3040. The highest BCUT2D eigenvalue weighted by molar-refractivity contribution is 7.47. The molecule has 1 unspecified atom stereocenters. The van der Waals surface area contributed by atoms with E-state index in [2.05, 4.69) is 58.4 Å². The first-order chi connectivity index (χ1) is 32.4. The molecular weight excluding hydrogens is 999 g/mol. The number of hydrogen-bond donors (Lipinski definition) is 14. The van der Waals surface area contributed by atoms with Gasteiger partial charge in [0.05, 0.1) is 38.8 Å². The van der Waals surface area contributed by atoms with Crippen LogP contribution in [0.3, 0.4) is 0 Å². The smallest absolute Gasteiger partial charge is 0.387 e. The third-order valence-corrected chi connectivity index (χ3v) is 12.5. The molecule has 0 spiro atoms. The summed E-state index contributed by atoms with van der Waals surface area (Å²) in [4.78, 5) is 89.7. The van der Waals surface area contributed by atoms with Gasteiger partial charge in [-0.1, -0.05) is 0 Å². The van der Waals surface area contributed by atoms with Crippen LogP contribution in [-0.2, 0) is 46.0 Å². The van der Waals surface area contributed by atoms with Gasteiger partial charge in [0.25, 0.3) is 5.56 Å². The van der Waals surface area contributed by atoms with Gasteiger partial charge in [-0.15, -0.1) is 0 Å². The normalized spacial score (nSPS) is 31.4. The Hall–Kier alpha value is -5.14. The topological polar surface area (TPSA) is 547 Å². The monoisotopic (exact) mass is 1040 g/mol. The zero-order chi connectivity index (χ0) is 49.9. The number of rotatable bonds is 9. The number of imidazole rings is 3. The van der Waals surface area contributed by atoms with Crippen molar-refractivity contribution in [2.75, 3.05) is 37.0 Å². The van der Waals surface area contributed by atoms with Crippen molar-refractivity contribution in [3.8, 4) is 0 Å². The number of phosphoric ester groups is 3. The van der Waals surface area contributed by atoms with E-state index in [1.54, 1.807) is 0 Å². The molecule has 4 aliphatic rings. The molecule has 4 saturated heterocycles. The maximum atomic E-state index is 11.7. The number of aromatic nitrogens is 12. The van der Waals surface area contributed by atoms with Crippen molar-refractivity contribution in [1.29, 1.82) is 0 Å². The number of nitrogen functional groups attached to an aromatic ring is 3. The van der Waals surface area contributed by atoms with E-state index < -0.39 is 116 Å². The van der Waals surface area contributed by atoms with Crippen LogP contribution in [0.2, 0.25) is 0 Å². The average Bonchev–Trinajstić information content (AvgIpc) is 4.13. The molecule has 10 heterocycles. The van der Waals surface area contributed by atoms with Crippen LogP contribution in [-0.4, -0.2) is 183 Å². The minimum Gasteiger partial charge on any atom is -0.387 e. The van der Waals surface area contributed by atoms with E-state index in [0.29, 0.717) is 16.7 Å². The second-order valence-corrected chi connectivity index (χ2v) is 18.9. The lowest BCUT2D eigenvalue weighted by atomic mass is 10.1. The van der Waals surface area contributed by atoms with Gasteiger partial charge in [-0.25, -0.2) is 48.6 Å². The molecular formula is C30H40N15O21P3. The molecule has 6 aromatic heterocycles. The number of H-pyrrole nitrogens is 1. The number of hydrogen-bond acceptors (Lipinski definition) is 27. The van der Waals surface area contributed by atoms with E-state index in [0.717, 1.165) is 0 Å². The molecule has 376 valence electrons. The average molecular weight is 1040 g/mol. The lowest BCUT2D eigenvalue weighted by Gasteiger charge is -2.27. The second-order valence-electron chi connectivity index (χ2n) is 15.0. The van der Waals surface area contributed by atoms with Crippen molar-refractivity contribution < 1.29 is 96.0 Å². The Balaban J connectivity index is 0.000000140. The maximum absolute atomic E-state index is 11.7. The number of aliphatic hydroxyl groups is 5.